The van der Waals surface area contributed by atoms with Gasteiger partial charge in [-0.05, 0) is 73.4 Å². The molecule has 0 amide bonds. The monoisotopic (exact) mass is 506 g/mol. The minimum Gasteiger partial charge on any atom is -0.496 e. The molecule has 5 rings (SSSR count). The summed E-state index contributed by atoms with van der Waals surface area (Å²) < 4.78 is 11.8. The number of aliphatic imine (C=N–C) groups is 1. The number of aryl methyl sites for hydroxylation is 1. The Bertz CT molecular complexity index is 1550. The summed E-state index contributed by atoms with van der Waals surface area (Å²) in [5.41, 5.74) is 9.91. The molecule has 38 heavy (non-hydrogen) atoms. The van der Waals surface area contributed by atoms with Crippen LogP contribution in [-0.2, 0) is 13.0 Å². The average molecular weight is 507 g/mol. The molecule has 1 aliphatic rings. The highest BCUT2D eigenvalue weighted by Gasteiger charge is 2.20. The Balaban J connectivity index is 1.50. The van der Waals surface area contributed by atoms with Crippen molar-refractivity contribution in [1.29, 1.82) is 0 Å². The molecule has 1 aromatic heterocycles. The summed E-state index contributed by atoms with van der Waals surface area (Å²) in [5, 5.41) is 0. The number of imidazole rings is 1. The van der Waals surface area contributed by atoms with E-state index in [1.54, 1.807) is 13.3 Å². The zero-order chi connectivity index (χ0) is 26.6. The van der Waals surface area contributed by atoms with Gasteiger partial charge in [-0.1, -0.05) is 36.9 Å². The second kappa shape index (κ2) is 11.0. The first-order valence-electron chi connectivity index (χ1n) is 12.9. The fourth-order valence-electron chi connectivity index (χ4n) is 5.14. The molecule has 2 heterocycles. The van der Waals surface area contributed by atoms with Gasteiger partial charge in [0.15, 0.2) is 0 Å². The van der Waals surface area contributed by atoms with Crippen molar-refractivity contribution < 1.29 is 9.47 Å². The van der Waals surface area contributed by atoms with Gasteiger partial charge in [-0.3, -0.25) is 4.99 Å². The van der Waals surface area contributed by atoms with Gasteiger partial charge in [0.25, 0.3) is 0 Å². The normalized spacial score (nSPS) is 14.4. The average Bonchev–Trinajstić information content (AvgIpc) is 3.17. The number of nitrogens with zero attached hydrogens (tertiary/aromatic N) is 3. The number of ether oxygens (including phenoxy) is 2. The fraction of sp³-hybridized carbons (Fsp3) is 0.250. The van der Waals surface area contributed by atoms with Crippen molar-refractivity contribution in [2.45, 2.75) is 33.7 Å². The molecule has 0 radical (unpaired) electrons. The van der Waals surface area contributed by atoms with Crippen molar-refractivity contribution in [3.05, 3.63) is 102 Å². The Morgan fingerprint density at radius 1 is 1.13 bits per heavy atom. The number of aromatic nitrogens is 2. The lowest BCUT2D eigenvalue weighted by Gasteiger charge is -2.26. The predicted molar refractivity (Wildman–Crippen MR) is 155 cm³/mol. The number of methoxy groups -OCH3 is 1. The van der Waals surface area contributed by atoms with Crippen LogP contribution in [0, 0.1) is 6.92 Å². The molecule has 0 bridgehead atoms. The largest absolute Gasteiger partial charge is 0.496 e. The third-order valence-electron chi connectivity index (χ3n) is 7.17. The number of benzene rings is 3. The Morgan fingerprint density at radius 2 is 1.92 bits per heavy atom. The molecule has 194 valence electrons. The van der Waals surface area contributed by atoms with Crippen molar-refractivity contribution in [2.75, 3.05) is 20.3 Å². The molecule has 0 aliphatic carbocycles. The molecule has 1 N–H and O–H groups in total. The van der Waals surface area contributed by atoms with E-state index in [4.69, 9.17) is 9.47 Å². The maximum absolute atomic E-state index is 6.19. The summed E-state index contributed by atoms with van der Waals surface area (Å²) >= 11 is 0. The second-order valence-corrected chi connectivity index (χ2v) is 9.60. The second-order valence-electron chi connectivity index (χ2n) is 9.60. The third kappa shape index (κ3) is 5.21. The van der Waals surface area contributed by atoms with E-state index in [1.165, 1.54) is 5.70 Å². The van der Waals surface area contributed by atoms with Gasteiger partial charge in [0.05, 0.1) is 24.7 Å². The van der Waals surface area contributed by atoms with Gasteiger partial charge in [0.2, 0.25) is 0 Å². The Morgan fingerprint density at radius 3 is 2.74 bits per heavy atom. The van der Waals surface area contributed by atoms with Crippen LogP contribution in [-0.4, -0.2) is 40.8 Å². The Kier molecular flexibility index (Phi) is 7.31. The Hall–Kier alpha value is -4.32. The number of allylic oxidation sites excluding steroid dienone is 2. The summed E-state index contributed by atoms with van der Waals surface area (Å²) in [6, 6.07) is 21.0. The quantitative estimate of drug-likeness (QED) is 0.278. The van der Waals surface area contributed by atoms with Crippen molar-refractivity contribution >= 4 is 16.7 Å². The van der Waals surface area contributed by atoms with Crippen LogP contribution in [0.3, 0.4) is 0 Å². The molecule has 1 aliphatic heterocycles. The van der Waals surface area contributed by atoms with Gasteiger partial charge in [-0.15, -0.1) is 0 Å². The van der Waals surface area contributed by atoms with Gasteiger partial charge in [-0.25, -0.2) is 4.98 Å². The molecule has 0 fully saturated rings. The van der Waals surface area contributed by atoms with Crippen LogP contribution in [0.4, 0.5) is 0 Å². The van der Waals surface area contributed by atoms with Crippen molar-refractivity contribution in [1.82, 2.24) is 14.9 Å². The summed E-state index contributed by atoms with van der Waals surface area (Å²) in [6.07, 6.45) is 2.32. The van der Waals surface area contributed by atoms with E-state index in [0.717, 1.165) is 75.0 Å². The topological polar surface area (TPSA) is 62.7 Å². The summed E-state index contributed by atoms with van der Waals surface area (Å²) in [7, 11) is 1.71. The van der Waals surface area contributed by atoms with Crippen LogP contribution >= 0.6 is 0 Å². The van der Waals surface area contributed by atoms with E-state index in [9.17, 15) is 0 Å². The molecule has 0 spiro atoms. The first kappa shape index (κ1) is 25.3. The molecule has 4 aromatic rings. The van der Waals surface area contributed by atoms with Crippen molar-refractivity contribution in [3.63, 3.8) is 0 Å². The number of H-pyrrole nitrogens is 1. The Labute approximate surface area is 224 Å². The summed E-state index contributed by atoms with van der Waals surface area (Å²) in [6.45, 7) is 12.2. The minimum atomic E-state index is 0.614. The molecular weight excluding hydrogens is 472 g/mol. The molecule has 6 nitrogen and oxygen atoms in total. The number of aromatic amines is 1. The third-order valence-corrected chi connectivity index (χ3v) is 7.17. The van der Waals surface area contributed by atoms with Crippen LogP contribution in [0.1, 0.15) is 30.8 Å². The number of hydrogen-bond donors (Lipinski definition) is 1. The number of fused-ring (bicyclic) bond motifs is 2. The molecule has 0 atom stereocenters. The van der Waals surface area contributed by atoms with Crippen LogP contribution in [0.5, 0.6) is 11.5 Å². The number of nitrogens with one attached hydrogen (secondary N) is 1. The molecule has 6 heteroatoms. The SMILES string of the molecule is C=CN=C(C)/C(Cc1ccccc1OC)=C(\C)N1CCOc2ccc(-c3ccc4nc(C)[nH]c4c3)cc2C1. The lowest BCUT2D eigenvalue weighted by molar-refractivity contribution is 0.263. The van der Waals surface area contributed by atoms with Crippen LogP contribution in [0.2, 0.25) is 0 Å². The fourth-order valence-corrected chi connectivity index (χ4v) is 5.14. The summed E-state index contributed by atoms with van der Waals surface area (Å²) in [5.74, 6) is 2.73. The van der Waals surface area contributed by atoms with E-state index >= 15 is 0 Å². The van der Waals surface area contributed by atoms with E-state index < -0.39 is 0 Å². The highest BCUT2D eigenvalue weighted by atomic mass is 16.5. The molecule has 3 aromatic carbocycles. The van der Waals surface area contributed by atoms with Gasteiger partial charge >= 0.3 is 0 Å². The molecular formula is C32H34N4O2. The smallest absolute Gasteiger partial charge is 0.124 e. The van der Waals surface area contributed by atoms with Gasteiger partial charge in [0.1, 0.15) is 23.9 Å². The summed E-state index contributed by atoms with van der Waals surface area (Å²) in [4.78, 5) is 14.8. The van der Waals surface area contributed by atoms with E-state index in [1.807, 2.05) is 32.0 Å². The van der Waals surface area contributed by atoms with Crippen molar-refractivity contribution in [2.24, 2.45) is 4.99 Å². The van der Waals surface area contributed by atoms with E-state index in [2.05, 4.69) is 75.8 Å². The number of hydrogen-bond acceptors (Lipinski definition) is 5. The molecule has 0 saturated heterocycles. The zero-order valence-corrected chi connectivity index (χ0v) is 22.5. The highest BCUT2D eigenvalue weighted by molar-refractivity contribution is 5.99. The van der Waals surface area contributed by atoms with E-state index in [0.29, 0.717) is 13.0 Å². The maximum Gasteiger partial charge on any atom is 0.124 e. The first-order chi connectivity index (χ1) is 18.5. The first-order valence-corrected chi connectivity index (χ1v) is 12.9. The van der Waals surface area contributed by atoms with E-state index in [-0.39, 0.29) is 0 Å². The van der Waals surface area contributed by atoms with Gasteiger partial charge < -0.3 is 19.4 Å². The number of rotatable bonds is 7. The number of para-hydroxylation sites is 1. The lowest BCUT2D eigenvalue weighted by Crippen LogP contribution is -2.26. The van der Waals surface area contributed by atoms with Crippen molar-refractivity contribution in [3.8, 4) is 22.6 Å². The molecule has 0 saturated carbocycles. The van der Waals surface area contributed by atoms with Crippen LogP contribution < -0.4 is 9.47 Å². The minimum absolute atomic E-state index is 0.614. The standard InChI is InChI=1S/C32H34N4O2/c1-6-33-21(2)28(18-26-9-7-8-10-31(26)37-5)22(3)36-15-16-38-32-14-12-24(17-27(32)20-36)25-11-13-29-30(19-25)35-23(4)34-29/h6-14,17,19H,1,15-16,18,20H2,2-5H3,(H,34,35)/b28-22+,33-21?. The molecule has 0 unspecified atom stereocenters. The highest BCUT2D eigenvalue weighted by Crippen LogP contribution is 2.32. The maximum atomic E-state index is 6.19. The van der Waals surface area contributed by atoms with Crippen LogP contribution in [0.15, 0.2) is 89.7 Å². The lowest BCUT2D eigenvalue weighted by atomic mass is 9.98. The van der Waals surface area contributed by atoms with Gasteiger partial charge in [0, 0.05) is 36.1 Å². The predicted octanol–water partition coefficient (Wildman–Crippen LogP) is 6.86. The zero-order valence-electron chi connectivity index (χ0n) is 22.5. The van der Waals surface area contributed by atoms with Crippen LogP contribution in [0.25, 0.3) is 22.2 Å². The van der Waals surface area contributed by atoms with Gasteiger partial charge in [-0.2, -0.15) is 0 Å².